The van der Waals surface area contributed by atoms with Crippen molar-refractivity contribution >= 4 is 135 Å². The van der Waals surface area contributed by atoms with Gasteiger partial charge in [-0.05, 0) is 128 Å². The second kappa shape index (κ2) is 54.6. The molecule has 0 bridgehead atoms. The van der Waals surface area contributed by atoms with Crippen molar-refractivity contribution in [2.24, 2.45) is 35.1 Å². The summed E-state index contributed by atoms with van der Waals surface area (Å²) in [7, 11) is 1.18. The van der Waals surface area contributed by atoms with E-state index >= 15 is 33.6 Å². The highest BCUT2D eigenvalue weighted by Gasteiger charge is 2.42. The van der Waals surface area contributed by atoms with Crippen molar-refractivity contribution in [1.29, 1.82) is 5.41 Å². The number of aliphatic carboxylic acids is 2. The predicted molar refractivity (Wildman–Crippen MR) is 520 cm³/mol. The Labute approximate surface area is 815 Å². The molecule has 1 aliphatic rings. The fraction of sp³-hybridized carbons (Fsp3) is 0.474. The fourth-order valence-corrected chi connectivity index (χ4v) is 16.1. The van der Waals surface area contributed by atoms with Gasteiger partial charge < -0.3 is 122 Å². The van der Waals surface area contributed by atoms with E-state index in [-0.39, 0.29) is 68.2 Å². The number of phenols is 1. The van der Waals surface area contributed by atoms with Gasteiger partial charge in [0.1, 0.15) is 96.4 Å². The number of primary amides is 1. The number of aromatic amines is 1. The van der Waals surface area contributed by atoms with Gasteiger partial charge in [0.15, 0.2) is 5.96 Å². The van der Waals surface area contributed by atoms with Crippen LogP contribution in [0.15, 0.2) is 140 Å². The number of nitrogens with zero attached hydrogens (tertiary/aromatic N) is 1. The van der Waals surface area contributed by atoms with E-state index in [1.54, 1.807) is 113 Å². The highest BCUT2D eigenvalue weighted by molar-refractivity contribution is 8.00. The van der Waals surface area contributed by atoms with Crippen LogP contribution < -0.4 is 91.2 Å². The molecule has 16 atom stereocenters. The second-order valence-corrected chi connectivity index (χ2v) is 37.3. The van der Waals surface area contributed by atoms with Gasteiger partial charge in [-0.3, -0.25) is 91.7 Å². The molecule has 0 spiro atoms. The summed E-state index contributed by atoms with van der Waals surface area (Å²) in [5, 5.41) is 89.5. The molecule has 0 aliphatic carbocycles. The number of aromatic nitrogens is 1. The summed E-state index contributed by atoms with van der Waals surface area (Å²) in [5.41, 5.74) is 14.8. The third kappa shape index (κ3) is 35.8. The van der Waals surface area contributed by atoms with Gasteiger partial charge in [-0.2, -0.15) is 0 Å². The molecular weight excluding hydrogens is 1830 g/mol. The average Bonchev–Trinajstić information content (AvgIpc) is 1.61. The number of thioether (sulfide) groups is 1. The number of amides is 16. The number of benzene rings is 5. The van der Waals surface area contributed by atoms with E-state index in [1.807, 2.05) is 30.3 Å². The number of nitrogens with two attached hydrogens (primary N) is 2. The van der Waals surface area contributed by atoms with Crippen molar-refractivity contribution in [2.75, 3.05) is 25.1 Å². The molecule has 140 heavy (non-hydrogen) atoms. The Hall–Kier alpha value is -14.5. The largest absolute Gasteiger partial charge is 0.508 e. The quantitative estimate of drug-likeness (QED) is 0.0176. The van der Waals surface area contributed by atoms with E-state index in [0.717, 1.165) is 23.0 Å². The van der Waals surface area contributed by atoms with Crippen molar-refractivity contribution in [3.63, 3.8) is 0 Å². The zero-order valence-corrected chi connectivity index (χ0v) is 81.2. The molecule has 25 N–H and O–H groups in total. The number of para-hydroxylation sites is 1. The van der Waals surface area contributed by atoms with E-state index in [4.69, 9.17) is 16.9 Å². The van der Waals surface area contributed by atoms with Crippen LogP contribution in [0, 0.1) is 29.1 Å². The Morgan fingerprint density at radius 3 is 1.41 bits per heavy atom. The smallest absolute Gasteiger partial charge is 0.305 e. The number of hydrogen-bond donors (Lipinski definition) is 23. The molecule has 5 aromatic carbocycles. The Bertz CT molecular complexity index is 5340. The number of carbonyl (C=O) groups excluding carboxylic acids is 16. The lowest BCUT2D eigenvalue weighted by Crippen LogP contribution is -2.62. The second-order valence-electron chi connectivity index (χ2n) is 36.3. The topological polar surface area (TPSA) is 664 Å². The number of fused-ring (bicyclic) bond motifs is 1. The minimum absolute atomic E-state index is 0.00942. The van der Waals surface area contributed by atoms with Crippen molar-refractivity contribution in [1.82, 2.24) is 89.6 Å². The van der Waals surface area contributed by atoms with Crippen LogP contribution in [-0.4, -0.2) is 265 Å². The molecule has 1 fully saturated rings. The number of hydrogen-bond acceptors (Lipinski definition) is 22. The lowest BCUT2D eigenvalue weighted by molar-refractivity contribution is -0.143. The van der Waals surface area contributed by atoms with Gasteiger partial charge in [-0.15, -0.1) is 11.8 Å². The third-order valence-corrected chi connectivity index (χ3v) is 24.2. The summed E-state index contributed by atoms with van der Waals surface area (Å²) in [6.07, 6.45) is -4.60. The van der Waals surface area contributed by atoms with Gasteiger partial charge in [0.2, 0.25) is 94.5 Å². The number of aliphatic hydroxyl groups excluding tert-OH is 1. The summed E-state index contributed by atoms with van der Waals surface area (Å²) in [5.74, 6) is -24.1. The molecule has 1 saturated heterocycles. The van der Waals surface area contributed by atoms with Gasteiger partial charge in [-0.1, -0.05) is 171 Å². The van der Waals surface area contributed by atoms with Crippen molar-refractivity contribution < 1.29 is 107 Å². The molecule has 16 amide bonds. The Kier molecular flexibility index (Phi) is 43.8. The summed E-state index contributed by atoms with van der Waals surface area (Å²) >= 11 is 0.702. The molecule has 42 nitrogen and oxygen atoms in total. The predicted octanol–water partition coefficient (Wildman–Crippen LogP) is 0.0850. The number of guanidine groups is 1. The zero-order valence-electron chi connectivity index (χ0n) is 80.4. The first kappa shape index (κ1) is 112. The lowest BCUT2D eigenvalue weighted by atomic mass is 9.98. The maximum atomic E-state index is 15.4. The first-order valence-corrected chi connectivity index (χ1v) is 47.4. The number of carbonyl (C=O) groups is 18. The molecule has 7 rings (SSSR count). The van der Waals surface area contributed by atoms with Crippen molar-refractivity contribution in [2.45, 2.75) is 244 Å². The zero-order chi connectivity index (χ0) is 103. The maximum absolute atomic E-state index is 15.4. The van der Waals surface area contributed by atoms with Gasteiger partial charge in [-0.25, -0.2) is 0 Å². The summed E-state index contributed by atoms with van der Waals surface area (Å²) in [6, 6.07) is 11.4. The third-order valence-electron chi connectivity index (χ3n) is 23.2. The van der Waals surface area contributed by atoms with Crippen LogP contribution in [-0.2, 0) is 112 Å². The number of phenolic OH excluding ortho intramolecular Hbond substituents is 1. The lowest BCUT2D eigenvalue weighted by Gasteiger charge is -2.32. The minimum Gasteiger partial charge on any atom is -0.508 e. The number of rotatable bonds is 28. The van der Waals surface area contributed by atoms with Crippen LogP contribution in [0.3, 0.4) is 0 Å². The van der Waals surface area contributed by atoms with E-state index < -0.39 is 265 Å². The highest BCUT2D eigenvalue weighted by atomic mass is 32.2. The van der Waals surface area contributed by atoms with Crippen LogP contribution in [0.4, 0.5) is 0 Å². The number of aliphatic hydroxyl groups is 1. The molecule has 0 unspecified atom stereocenters. The number of likely N-dealkylation sites (N-methyl/N-ethyl adjacent to an activating group) is 1. The summed E-state index contributed by atoms with van der Waals surface area (Å²) < 4.78 is 0. The standard InChI is InChI=1S/C97H132N20O22S/c1-50(2)40-68-85(128)105-66(28-21-39-101-97(99)100)84(127)108-69(41-51(3)4)90(133)115-80(53(7)8)94(137)116-81(56(11)118)95(138)113-75(92(135)103-54(9)82(98)125)48-140-49-76(120)104-70(42-57-22-15-13-16-23-57)86(129)109-71(44-59-31-35-63(119)36-32-59)88(131)111-74(46-78(123)124)89(132)110-73(45-62-47-102-65-27-20-19-26-64(62)65)91(134)114-79(52(5)6)93(136)112-72(43-58-29-33-61(34-30-58)60-24-17-14-18-25-60)87(130)106-67(37-38-77(121)122)96(139)117(12)55(10)83(126)107-68/h13-20,22-27,29-36,47,50-56,66-75,79-81,102,118-119H,21,28,37-46,48-49H2,1-12H3,(H2,98,125)(H,103,135)(H,104,120)(H,105,128)(H,106,130)(H,107,126)(H,108,127)(H,109,129)(H,110,132)(H,111,131)(H,112,136)(H,113,138)(H,114,134)(H,115,133)(H,116,137)(H,121,122)(H,123,124)(H4,99,100,101)/t54-,55-,56+,66-,67-,68+,69-,70-,71-,72-,73-,74-,75-,79-,80-,81-/m0/s1. The van der Waals surface area contributed by atoms with Gasteiger partial charge >= 0.3 is 11.9 Å². The number of carboxylic acids is 2. The van der Waals surface area contributed by atoms with Crippen LogP contribution >= 0.6 is 11.8 Å². The number of nitrogens with one attached hydrogen (secondary N) is 17. The van der Waals surface area contributed by atoms with E-state index in [0.29, 0.717) is 39.4 Å². The van der Waals surface area contributed by atoms with Crippen LogP contribution in [0.2, 0.25) is 0 Å². The fourth-order valence-electron chi connectivity index (χ4n) is 15.2. The SMILES string of the molecule is CC(C)C[C@@H]1NC(=O)[C@H](CCCNC(=N)N)NC(=O)[C@@H](CC(C)C)NC(=O)[C@H](C)N(C)C(=O)[C@H](CCC(=O)O)NC(=O)[C@H](Cc2ccc(-c3ccccc3)cc2)NC(=O)[C@H](C(C)C)NC(=O)[C@H](Cc2c[nH]c3ccccc23)NC(=O)[C@H](CC(=O)O)NC(=O)[C@H](Cc2ccc(O)cc2)NC(=O)[C@H](Cc2ccccc2)NC(=O)CSC[C@@H](C(=O)N[C@@H](C)C(N)=O)NC(=O)[C@H]([C@@H](C)O)NC(=O)[C@H](C(C)C)NC1=O. The summed E-state index contributed by atoms with van der Waals surface area (Å²) in [4.78, 5) is 266. The minimum atomic E-state index is -2.10. The maximum Gasteiger partial charge on any atom is 0.305 e. The van der Waals surface area contributed by atoms with Crippen LogP contribution in [0.5, 0.6) is 5.75 Å². The number of carboxylic acid groups (broad SMARTS) is 2. The van der Waals surface area contributed by atoms with Gasteiger partial charge in [0, 0.05) is 68.5 Å². The van der Waals surface area contributed by atoms with Crippen molar-refractivity contribution in [3.8, 4) is 16.9 Å². The Balaban J connectivity index is 1.35. The van der Waals surface area contributed by atoms with Crippen molar-refractivity contribution in [3.05, 3.63) is 162 Å². The highest BCUT2D eigenvalue weighted by Crippen LogP contribution is 2.25. The first-order chi connectivity index (χ1) is 66.2. The molecule has 0 saturated carbocycles. The molecular formula is C97H132N20O22S. The number of aromatic hydroxyl groups is 1. The molecule has 758 valence electrons. The molecule has 6 aromatic rings. The molecule has 1 aromatic heterocycles. The van der Waals surface area contributed by atoms with E-state index in [9.17, 15) is 73.2 Å². The molecule has 43 heteroatoms. The van der Waals surface area contributed by atoms with E-state index in [2.05, 4.69) is 84.7 Å². The van der Waals surface area contributed by atoms with Crippen LogP contribution in [0.1, 0.15) is 143 Å². The molecule has 1 aliphatic heterocycles. The normalized spacial score (nSPS) is 23.1. The molecule has 2 heterocycles. The Morgan fingerprint density at radius 2 is 0.886 bits per heavy atom. The number of H-pyrrole nitrogens is 1. The monoisotopic (exact) mass is 1960 g/mol. The van der Waals surface area contributed by atoms with Gasteiger partial charge in [0.05, 0.1) is 18.3 Å². The first-order valence-electron chi connectivity index (χ1n) is 46.3. The summed E-state index contributed by atoms with van der Waals surface area (Å²) in [6.45, 7) is 16.6. The van der Waals surface area contributed by atoms with Crippen LogP contribution in [0.25, 0.3) is 22.0 Å². The molecule has 0 radical (unpaired) electrons. The Morgan fingerprint density at radius 1 is 0.464 bits per heavy atom. The van der Waals surface area contributed by atoms with E-state index in [1.165, 1.54) is 72.9 Å². The van der Waals surface area contributed by atoms with Gasteiger partial charge in [0.25, 0.3) is 0 Å². The average molecular weight is 1960 g/mol.